The Labute approximate surface area is 128 Å². The summed E-state index contributed by atoms with van der Waals surface area (Å²) in [5, 5.41) is 7.25. The Hall–Kier alpha value is -2.44. The van der Waals surface area contributed by atoms with Gasteiger partial charge >= 0.3 is 0 Å². The molecule has 2 heterocycles. The van der Waals surface area contributed by atoms with Gasteiger partial charge in [-0.3, -0.25) is 4.68 Å². The van der Waals surface area contributed by atoms with E-state index in [1.54, 1.807) is 18.1 Å². The average molecular weight is 302 g/mol. The molecule has 1 atom stereocenters. The standard InChI is InChI=1S/C15H18N4O3/c1-15(2)6-11-4-10(5-13(21-3)14(11)22-15)12(18-20)7-19-9-16-8-17-19/h4-5,8-9,12H,6-7H2,1-3H3. The monoisotopic (exact) mass is 302 g/mol. The van der Waals surface area contributed by atoms with Crippen molar-refractivity contribution in [1.29, 1.82) is 0 Å². The lowest BCUT2D eigenvalue weighted by Crippen LogP contribution is -2.24. The normalized spacial score (nSPS) is 16.7. The summed E-state index contributed by atoms with van der Waals surface area (Å²) in [6, 6.07) is 3.23. The zero-order valence-corrected chi connectivity index (χ0v) is 12.8. The van der Waals surface area contributed by atoms with Crippen LogP contribution in [0.2, 0.25) is 0 Å². The topological polar surface area (TPSA) is 78.6 Å². The number of methoxy groups -OCH3 is 1. The molecule has 0 spiro atoms. The minimum atomic E-state index is -0.551. The van der Waals surface area contributed by atoms with Crippen molar-refractivity contribution in [3.05, 3.63) is 40.8 Å². The Bertz CT molecular complexity index is 682. The van der Waals surface area contributed by atoms with E-state index < -0.39 is 6.04 Å². The molecular formula is C15H18N4O3. The van der Waals surface area contributed by atoms with Gasteiger partial charge in [-0.05, 0) is 31.5 Å². The molecule has 7 nitrogen and oxygen atoms in total. The Morgan fingerprint density at radius 1 is 1.50 bits per heavy atom. The first kappa shape index (κ1) is 14.5. The molecule has 0 bridgehead atoms. The van der Waals surface area contributed by atoms with Crippen LogP contribution in [0, 0.1) is 4.91 Å². The van der Waals surface area contributed by atoms with Gasteiger partial charge < -0.3 is 9.47 Å². The van der Waals surface area contributed by atoms with E-state index in [-0.39, 0.29) is 5.60 Å². The van der Waals surface area contributed by atoms with E-state index >= 15 is 0 Å². The van der Waals surface area contributed by atoms with Crippen molar-refractivity contribution in [2.45, 2.75) is 38.5 Å². The van der Waals surface area contributed by atoms with Gasteiger partial charge in [-0.2, -0.15) is 10.0 Å². The summed E-state index contributed by atoms with van der Waals surface area (Å²) < 4.78 is 12.9. The van der Waals surface area contributed by atoms with E-state index in [4.69, 9.17) is 9.47 Å². The van der Waals surface area contributed by atoms with Crippen LogP contribution in [0.5, 0.6) is 11.5 Å². The van der Waals surface area contributed by atoms with Crippen molar-refractivity contribution in [2.24, 2.45) is 5.18 Å². The molecule has 2 aromatic rings. The van der Waals surface area contributed by atoms with Crippen molar-refractivity contribution in [3.63, 3.8) is 0 Å². The summed E-state index contributed by atoms with van der Waals surface area (Å²) in [7, 11) is 1.59. The van der Waals surface area contributed by atoms with Crippen LogP contribution >= 0.6 is 0 Å². The van der Waals surface area contributed by atoms with E-state index in [1.165, 1.54) is 6.33 Å². The molecule has 0 N–H and O–H groups in total. The summed E-state index contributed by atoms with van der Waals surface area (Å²) in [6.45, 7) is 4.39. The minimum Gasteiger partial charge on any atom is -0.493 e. The number of rotatable bonds is 5. The van der Waals surface area contributed by atoms with E-state index in [9.17, 15) is 4.91 Å². The lowest BCUT2D eigenvalue weighted by Gasteiger charge is -2.18. The molecule has 1 unspecified atom stereocenters. The molecule has 0 fully saturated rings. The highest BCUT2D eigenvalue weighted by Gasteiger charge is 2.33. The molecule has 116 valence electrons. The van der Waals surface area contributed by atoms with Crippen LogP contribution in [0.25, 0.3) is 0 Å². The van der Waals surface area contributed by atoms with E-state index in [1.807, 2.05) is 26.0 Å². The minimum absolute atomic E-state index is 0.274. The number of nitrogens with zero attached hydrogens (tertiary/aromatic N) is 4. The fourth-order valence-electron chi connectivity index (χ4n) is 2.75. The van der Waals surface area contributed by atoms with Gasteiger partial charge in [-0.1, -0.05) is 5.18 Å². The molecule has 0 amide bonds. The molecule has 0 aliphatic carbocycles. The average Bonchev–Trinajstić information content (AvgIpc) is 3.08. The van der Waals surface area contributed by atoms with Crippen LogP contribution < -0.4 is 9.47 Å². The Balaban J connectivity index is 1.95. The van der Waals surface area contributed by atoms with E-state index in [0.29, 0.717) is 12.3 Å². The van der Waals surface area contributed by atoms with Crippen LogP contribution in [0.15, 0.2) is 30.0 Å². The molecule has 1 aromatic carbocycles. The van der Waals surface area contributed by atoms with Crippen LogP contribution in [0.3, 0.4) is 0 Å². The Kier molecular flexibility index (Phi) is 3.56. The number of hydrogen-bond donors (Lipinski definition) is 0. The number of benzene rings is 1. The predicted octanol–water partition coefficient (Wildman–Crippen LogP) is 2.51. The highest BCUT2D eigenvalue weighted by Crippen LogP contribution is 2.44. The third kappa shape index (κ3) is 2.66. The molecule has 7 heteroatoms. The molecule has 1 aliphatic rings. The summed E-state index contributed by atoms with van der Waals surface area (Å²) in [4.78, 5) is 15.2. The fourth-order valence-corrected chi connectivity index (χ4v) is 2.75. The molecule has 22 heavy (non-hydrogen) atoms. The van der Waals surface area contributed by atoms with Gasteiger partial charge in [0.05, 0.1) is 13.7 Å². The van der Waals surface area contributed by atoms with Gasteiger partial charge in [-0.15, -0.1) is 0 Å². The maximum Gasteiger partial charge on any atom is 0.165 e. The number of aromatic nitrogens is 3. The Morgan fingerprint density at radius 3 is 2.95 bits per heavy atom. The number of hydrogen-bond acceptors (Lipinski definition) is 6. The maximum absolute atomic E-state index is 11.3. The smallest absolute Gasteiger partial charge is 0.165 e. The fraction of sp³-hybridized carbons (Fsp3) is 0.467. The third-order valence-electron chi connectivity index (χ3n) is 3.71. The first-order valence-corrected chi connectivity index (χ1v) is 7.07. The largest absolute Gasteiger partial charge is 0.493 e. The van der Waals surface area contributed by atoms with Crippen LogP contribution in [0.4, 0.5) is 0 Å². The molecule has 0 saturated carbocycles. The summed E-state index contributed by atoms with van der Waals surface area (Å²) >= 11 is 0. The van der Waals surface area contributed by atoms with E-state index in [2.05, 4.69) is 15.3 Å². The number of ether oxygens (including phenoxy) is 2. The molecule has 0 radical (unpaired) electrons. The van der Waals surface area contributed by atoms with Gasteiger partial charge in [0, 0.05) is 12.0 Å². The van der Waals surface area contributed by atoms with Crippen molar-refractivity contribution in [1.82, 2.24) is 14.8 Å². The zero-order chi connectivity index (χ0) is 15.7. The summed E-state index contributed by atoms with van der Waals surface area (Å²) in [5.41, 5.74) is 1.55. The molecule has 0 saturated heterocycles. The van der Waals surface area contributed by atoms with Crippen LogP contribution in [0.1, 0.15) is 31.0 Å². The first-order valence-electron chi connectivity index (χ1n) is 7.07. The van der Waals surface area contributed by atoms with Crippen molar-refractivity contribution in [2.75, 3.05) is 7.11 Å². The zero-order valence-electron chi connectivity index (χ0n) is 12.8. The van der Waals surface area contributed by atoms with E-state index in [0.717, 1.165) is 23.3 Å². The van der Waals surface area contributed by atoms with Crippen LogP contribution in [-0.2, 0) is 13.0 Å². The Morgan fingerprint density at radius 2 is 2.32 bits per heavy atom. The third-order valence-corrected chi connectivity index (χ3v) is 3.71. The highest BCUT2D eigenvalue weighted by atomic mass is 16.5. The quantitative estimate of drug-likeness (QED) is 0.793. The number of nitroso groups, excluding NO2 is 1. The number of fused-ring (bicyclic) bond motifs is 1. The molecule has 1 aliphatic heterocycles. The van der Waals surface area contributed by atoms with Crippen molar-refractivity contribution < 1.29 is 9.47 Å². The molecule has 3 rings (SSSR count). The van der Waals surface area contributed by atoms with Crippen molar-refractivity contribution in [3.8, 4) is 11.5 Å². The second-order valence-electron chi connectivity index (χ2n) is 5.99. The first-order chi connectivity index (χ1) is 10.5. The van der Waals surface area contributed by atoms with Crippen molar-refractivity contribution >= 4 is 0 Å². The molecule has 1 aromatic heterocycles. The van der Waals surface area contributed by atoms with Gasteiger partial charge in [0.15, 0.2) is 11.5 Å². The highest BCUT2D eigenvalue weighted by molar-refractivity contribution is 5.53. The predicted molar refractivity (Wildman–Crippen MR) is 80.0 cm³/mol. The van der Waals surface area contributed by atoms with Gasteiger partial charge in [0.2, 0.25) is 0 Å². The molecular weight excluding hydrogens is 284 g/mol. The summed E-state index contributed by atoms with van der Waals surface area (Å²) in [6.07, 6.45) is 3.76. The lowest BCUT2D eigenvalue weighted by molar-refractivity contribution is 0.134. The maximum atomic E-state index is 11.3. The second-order valence-corrected chi connectivity index (χ2v) is 5.99. The SMILES string of the molecule is COc1cc(C(Cn2cncn2)N=O)cc2c1OC(C)(C)C2. The summed E-state index contributed by atoms with van der Waals surface area (Å²) in [5.74, 6) is 1.38. The van der Waals surface area contributed by atoms with Crippen LogP contribution in [-0.4, -0.2) is 27.5 Å². The van der Waals surface area contributed by atoms with Gasteiger partial charge in [-0.25, -0.2) is 4.98 Å². The van der Waals surface area contributed by atoms with Gasteiger partial charge in [0.25, 0.3) is 0 Å². The lowest BCUT2D eigenvalue weighted by atomic mass is 9.97. The second kappa shape index (κ2) is 5.40. The van der Waals surface area contributed by atoms with Gasteiger partial charge in [0.1, 0.15) is 24.3 Å².